The zero-order valence-corrected chi connectivity index (χ0v) is 35.9. The largest absolute Gasteiger partial charge is 0.461 e. The van der Waals surface area contributed by atoms with E-state index in [9.17, 15) is 19.2 Å². The lowest BCUT2D eigenvalue weighted by atomic mass is 10.1. The number of esters is 2. The number of Topliss-reactive ketones (excluding diaryl/α,β-unsaturated/α-hetero) is 2. The van der Waals surface area contributed by atoms with Gasteiger partial charge in [0.05, 0.1) is 12.8 Å². The molecule has 0 N–H and O–H groups in total. The first-order valence-electron chi connectivity index (χ1n) is 19.6. The Balaban J connectivity index is 4.66. The van der Waals surface area contributed by atoms with Gasteiger partial charge in [-0.25, -0.2) is 0 Å². The number of rotatable bonds is 26. The van der Waals surface area contributed by atoms with Gasteiger partial charge in [0.15, 0.2) is 0 Å². The molecule has 304 valence electrons. The van der Waals surface area contributed by atoms with Crippen LogP contribution < -0.4 is 0 Å². The van der Waals surface area contributed by atoms with Crippen molar-refractivity contribution in [3.8, 4) is 0 Å². The Bertz CT molecular complexity index is 1560. The molecule has 0 saturated carbocycles. The molecule has 0 bridgehead atoms. The van der Waals surface area contributed by atoms with Crippen molar-refractivity contribution in [3.63, 3.8) is 0 Å². The Hall–Kier alpha value is -5.10. The summed E-state index contributed by atoms with van der Waals surface area (Å²) in [6, 6.07) is 0. The smallest absolute Gasteiger partial charge is 0.306 e. The first kappa shape index (κ1) is 50.9. The van der Waals surface area contributed by atoms with E-state index in [0.717, 1.165) is 59.1 Å². The molecule has 56 heavy (non-hydrogen) atoms. The molecule has 0 saturated heterocycles. The molecule has 0 aliphatic heterocycles. The minimum absolute atomic E-state index is 0.00677. The molecule has 0 unspecified atom stereocenters. The Morgan fingerprint density at radius 1 is 0.357 bits per heavy atom. The van der Waals surface area contributed by atoms with Gasteiger partial charge in [-0.05, 0) is 106 Å². The van der Waals surface area contributed by atoms with E-state index < -0.39 is 0 Å². The molecule has 0 aromatic carbocycles. The fourth-order valence-corrected chi connectivity index (χ4v) is 4.53. The lowest BCUT2D eigenvalue weighted by molar-refractivity contribution is -0.144. The summed E-state index contributed by atoms with van der Waals surface area (Å²) < 4.78 is 10.4. The normalized spacial score (nSPS) is 14.7. The second kappa shape index (κ2) is 32.2. The second-order valence-corrected chi connectivity index (χ2v) is 14.4. The lowest BCUT2D eigenvalue weighted by Crippen LogP contribution is -2.08. The third-order valence-corrected chi connectivity index (χ3v) is 8.09. The molecule has 0 fully saturated rings. The molecule has 6 heteroatoms. The van der Waals surface area contributed by atoms with Crippen molar-refractivity contribution in [2.75, 3.05) is 13.2 Å². The predicted molar refractivity (Wildman–Crippen MR) is 236 cm³/mol. The Labute approximate surface area is 339 Å². The van der Waals surface area contributed by atoms with Gasteiger partial charge < -0.3 is 19.1 Å². The van der Waals surface area contributed by atoms with Gasteiger partial charge in [-0.1, -0.05) is 143 Å². The standard InChI is InChI=1S/C50H68O6/c1-39(21-13-23-41(3)25-15-27-43(5)29-17-31-45(7)37-55-49(53)35-33-47(9)51)19-11-12-20-40(2)22-14-24-42(4)26-16-28-44(6)30-18-32-46(8)38-56-50(54)36-34-48(10)52/h11-16,19-28,31-32H,17-18,29-30,33-38H2,1-10H3/b12-11+,21-13+,22-14+,25-15+,26-16+,39-19+,40-20+,41-23+,42-24+,43-27+,44-28+,45-31+,46-32+. The van der Waals surface area contributed by atoms with Crippen LogP contribution in [0.3, 0.4) is 0 Å². The minimum atomic E-state index is -0.332. The van der Waals surface area contributed by atoms with Gasteiger partial charge >= 0.3 is 11.9 Å². The number of ketones is 2. The SMILES string of the molecule is CC(=O)CCC(=O)OC/C(C)=C/CC/C(C)=C/C=C/C(C)=C/C=C/C(C)=C/C=C/C=C(C)/C=C/C=C(C)/C=C/C=C(\C)CC/C=C(\C)COC(=O)CCC(C)=O. The molecule has 0 aromatic heterocycles. The maximum absolute atomic E-state index is 11.7. The summed E-state index contributed by atoms with van der Waals surface area (Å²) in [6.07, 6.45) is 41.9. The van der Waals surface area contributed by atoms with Crippen LogP contribution in [0, 0.1) is 0 Å². The van der Waals surface area contributed by atoms with E-state index in [0.29, 0.717) is 0 Å². The Morgan fingerprint density at radius 3 is 0.982 bits per heavy atom. The number of hydrogen-bond donors (Lipinski definition) is 0. The Kier molecular flexibility index (Phi) is 29.2. The van der Waals surface area contributed by atoms with Gasteiger partial charge in [-0.3, -0.25) is 9.59 Å². The lowest BCUT2D eigenvalue weighted by Gasteiger charge is -2.05. The van der Waals surface area contributed by atoms with Gasteiger partial charge in [0.25, 0.3) is 0 Å². The first-order valence-corrected chi connectivity index (χ1v) is 19.6. The van der Waals surface area contributed by atoms with Crippen molar-refractivity contribution in [1.82, 2.24) is 0 Å². The predicted octanol–water partition coefficient (Wildman–Crippen LogP) is 12.7. The van der Waals surface area contributed by atoms with E-state index in [1.54, 1.807) is 0 Å². The zero-order valence-electron chi connectivity index (χ0n) is 35.9. The number of allylic oxidation sites excluding steroid dienone is 24. The summed E-state index contributed by atoms with van der Waals surface area (Å²) in [5, 5.41) is 0. The van der Waals surface area contributed by atoms with Crippen molar-refractivity contribution in [2.24, 2.45) is 0 Å². The van der Waals surface area contributed by atoms with Crippen LogP contribution in [0.4, 0.5) is 0 Å². The van der Waals surface area contributed by atoms with Crippen LogP contribution in [-0.2, 0) is 28.7 Å². The highest BCUT2D eigenvalue weighted by Crippen LogP contribution is 2.11. The third-order valence-electron chi connectivity index (χ3n) is 8.09. The van der Waals surface area contributed by atoms with Gasteiger partial charge in [0, 0.05) is 12.8 Å². The van der Waals surface area contributed by atoms with Crippen LogP contribution in [0.2, 0.25) is 0 Å². The number of ether oxygens (including phenoxy) is 2. The van der Waals surface area contributed by atoms with Crippen molar-refractivity contribution < 1.29 is 28.7 Å². The van der Waals surface area contributed by atoms with Gasteiger partial charge in [0.2, 0.25) is 0 Å². The van der Waals surface area contributed by atoms with E-state index in [-0.39, 0.29) is 62.4 Å². The van der Waals surface area contributed by atoms with E-state index in [1.807, 2.05) is 26.0 Å². The topological polar surface area (TPSA) is 86.7 Å². The van der Waals surface area contributed by atoms with Crippen LogP contribution in [0.15, 0.2) is 154 Å². The van der Waals surface area contributed by atoms with Crippen LogP contribution in [0.1, 0.15) is 121 Å². The van der Waals surface area contributed by atoms with Crippen LogP contribution in [0.25, 0.3) is 0 Å². The monoisotopic (exact) mass is 765 g/mol. The van der Waals surface area contributed by atoms with Crippen LogP contribution in [-0.4, -0.2) is 36.7 Å². The quantitative estimate of drug-likeness (QED) is 0.0495. The van der Waals surface area contributed by atoms with Crippen LogP contribution in [0.5, 0.6) is 0 Å². The summed E-state index contributed by atoms with van der Waals surface area (Å²) >= 11 is 0. The number of carbonyl (C=O) groups excluding carboxylic acids is 4. The summed E-state index contributed by atoms with van der Waals surface area (Å²) in [6.45, 7) is 19.9. The average Bonchev–Trinajstić information content (AvgIpc) is 3.13. The molecule has 0 rings (SSSR count). The highest BCUT2D eigenvalue weighted by Gasteiger charge is 2.06. The summed E-state index contributed by atoms with van der Waals surface area (Å²) in [4.78, 5) is 45.3. The Morgan fingerprint density at radius 2 is 0.661 bits per heavy atom. The summed E-state index contributed by atoms with van der Waals surface area (Å²) in [7, 11) is 0. The van der Waals surface area contributed by atoms with Gasteiger partial charge in [-0.2, -0.15) is 0 Å². The molecule has 0 heterocycles. The highest BCUT2D eigenvalue weighted by atomic mass is 16.5. The molecule has 0 amide bonds. The maximum atomic E-state index is 11.7. The number of hydrogen-bond acceptors (Lipinski definition) is 6. The maximum Gasteiger partial charge on any atom is 0.306 e. The van der Waals surface area contributed by atoms with Crippen molar-refractivity contribution in [2.45, 2.75) is 121 Å². The summed E-state index contributed by atoms with van der Waals surface area (Å²) in [5.41, 5.74) is 9.19. The molecule has 0 aromatic rings. The van der Waals surface area contributed by atoms with E-state index >= 15 is 0 Å². The van der Waals surface area contributed by atoms with E-state index in [1.165, 1.54) is 25.0 Å². The van der Waals surface area contributed by atoms with Crippen molar-refractivity contribution in [1.29, 1.82) is 0 Å². The van der Waals surface area contributed by atoms with E-state index in [2.05, 4.69) is 139 Å². The average molecular weight is 765 g/mol. The van der Waals surface area contributed by atoms with Gasteiger partial charge in [-0.15, -0.1) is 0 Å². The highest BCUT2D eigenvalue weighted by molar-refractivity contribution is 5.81. The molecule has 0 aliphatic rings. The van der Waals surface area contributed by atoms with Crippen LogP contribution >= 0.6 is 0 Å². The second-order valence-electron chi connectivity index (χ2n) is 14.4. The van der Waals surface area contributed by atoms with Crippen molar-refractivity contribution >= 4 is 23.5 Å². The molecular weight excluding hydrogens is 697 g/mol. The molecule has 6 nitrogen and oxygen atoms in total. The minimum Gasteiger partial charge on any atom is -0.461 e. The molecule has 0 atom stereocenters. The van der Waals surface area contributed by atoms with Crippen molar-refractivity contribution in [3.05, 3.63) is 154 Å². The third kappa shape index (κ3) is 33.5. The number of carbonyl (C=O) groups is 4. The van der Waals surface area contributed by atoms with E-state index in [4.69, 9.17) is 9.47 Å². The molecule has 0 radical (unpaired) electrons. The summed E-state index contributed by atoms with van der Waals surface area (Å²) in [5.74, 6) is -0.677. The van der Waals surface area contributed by atoms with Gasteiger partial charge in [0.1, 0.15) is 24.8 Å². The molecule has 0 spiro atoms. The fourth-order valence-electron chi connectivity index (χ4n) is 4.53. The fraction of sp³-hybridized carbons (Fsp3) is 0.400. The molecule has 0 aliphatic carbocycles. The molecular formula is C50H68O6. The zero-order chi connectivity index (χ0) is 42.1. The first-order chi connectivity index (χ1) is 26.6.